The van der Waals surface area contributed by atoms with E-state index in [4.69, 9.17) is 9.47 Å². The molecule has 0 unspecified atom stereocenters. The van der Waals surface area contributed by atoms with Crippen LogP contribution in [0.15, 0.2) is 72.2 Å². The lowest BCUT2D eigenvalue weighted by Crippen LogP contribution is -2.17. The highest BCUT2D eigenvalue weighted by Gasteiger charge is 2.12. The van der Waals surface area contributed by atoms with E-state index >= 15 is 0 Å². The van der Waals surface area contributed by atoms with Crippen LogP contribution in [0.3, 0.4) is 0 Å². The van der Waals surface area contributed by atoms with Gasteiger partial charge in [0, 0.05) is 36.6 Å². The Bertz CT molecular complexity index is 1150. The maximum atomic E-state index is 12.7. The van der Waals surface area contributed by atoms with Gasteiger partial charge in [0.15, 0.2) is 5.82 Å². The van der Waals surface area contributed by atoms with Crippen LogP contribution in [0.25, 0.3) is 16.9 Å². The number of hydrogen-bond acceptors (Lipinski definition) is 6. The lowest BCUT2D eigenvalue weighted by atomic mass is 10.1. The Morgan fingerprint density at radius 2 is 2.07 bits per heavy atom. The molecule has 3 heterocycles. The number of nitrogens with one attached hydrogen (secondary N) is 1. The fourth-order valence-electron chi connectivity index (χ4n) is 2.90. The minimum atomic E-state index is -0.223. The first-order chi connectivity index (χ1) is 14.2. The number of H-pyrrole nitrogens is 1. The number of pyridine rings is 1. The summed E-state index contributed by atoms with van der Waals surface area (Å²) < 4.78 is 12.3. The molecule has 8 nitrogen and oxygen atoms in total. The lowest BCUT2D eigenvalue weighted by molar-refractivity contribution is 0.308. The van der Waals surface area contributed by atoms with Gasteiger partial charge in [0.2, 0.25) is 5.88 Å². The molecule has 146 valence electrons. The molecule has 0 aliphatic heterocycles. The summed E-state index contributed by atoms with van der Waals surface area (Å²) in [5.41, 5.74) is 2.12. The van der Waals surface area contributed by atoms with E-state index in [1.54, 1.807) is 37.8 Å². The van der Waals surface area contributed by atoms with Gasteiger partial charge in [-0.3, -0.25) is 14.9 Å². The molecule has 4 aromatic rings. The Kier molecular flexibility index (Phi) is 5.33. The van der Waals surface area contributed by atoms with Gasteiger partial charge in [-0.05, 0) is 23.8 Å². The van der Waals surface area contributed by atoms with E-state index in [0.29, 0.717) is 30.3 Å². The second-order valence-electron chi connectivity index (χ2n) is 6.23. The van der Waals surface area contributed by atoms with Gasteiger partial charge in [0.05, 0.1) is 19.3 Å². The fraction of sp³-hybridized carbons (Fsp3) is 0.143. The third-order valence-electron chi connectivity index (χ3n) is 4.38. The third-order valence-corrected chi connectivity index (χ3v) is 4.38. The monoisotopic (exact) mass is 389 g/mol. The van der Waals surface area contributed by atoms with Crippen LogP contribution >= 0.6 is 0 Å². The maximum absolute atomic E-state index is 12.7. The zero-order chi connectivity index (χ0) is 20.1. The molecular formula is C21H19N5O3. The Labute approximate surface area is 166 Å². The van der Waals surface area contributed by atoms with Crippen molar-refractivity contribution in [3.63, 3.8) is 0 Å². The molecule has 0 aliphatic rings. The Morgan fingerprint density at radius 3 is 2.90 bits per heavy atom. The van der Waals surface area contributed by atoms with Crippen molar-refractivity contribution in [1.29, 1.82) is 0 Å². The van der Waals surface area contributed by atoms with E-state index in [9.17, 15) is 4.79 Å². The lowest BCUT2D eigenvalue weighted by Gasteiger charge is -2.07. The molecule has 0 fully saturated rings. The molecule has 4 rings (SSSR count). The molecule has 0 spiro atoms. The first kappa shape index (κ1) is 18.4. The summed E-state index contributed by atoms with van der Waals surface area (Å²) in [6.07, 6.45) is 7.00. The summed E-state index contributed by atoms with van der Waals surface area (Å²) in [5, 5.41) is 2.93. The smallest absolute Gasteiger partial charge is 0.280 e. The van der Waals surface area contributed by atoms with E-state index in [2.05, 4.69) is 20.1 Å². The second kappa shape index (κ2) is 8.39. The molecule has 29 heavy (non-hydrogen) atoms. The van der Waals surface area contributed by atoms with Gasteiger partial charge >= 0.3 is 0 Å². The minimum Gasteiger partial charge on any atom is -0.497 e. The van der Waals surface area contributed by atoms with Gasteiger partial charge in [0.25, 0.3) is 5.56 Å². The Morgan fingerprint density at radius 1 is 1.14 bits per heavy atom. The zero-order valence-corrected chi connectivity index (χ0v) is 15.8. The van der Waals surface area contributed by atoms with Crippen LogP contribution in [0.2, 0.25) is 0 Å². The highest BCUT2D eigenvalue weighted by molar-refractivity contribution is 5.60. The second-order valence-corrected chi connectivity index (χ2v) is 6.23. The SMILES string of the molecule is COc1cccc(CCOc2cc(-n3[nH]cc(-c4cccnc4)c3=O)ncn2)c1. The first-order valence-corrected chi connectivity index (χ1v) is 9.03. The van der Waals surface area contributed by atoms with Gasteiger partial charge in [-0.15, -0.1) is 0 Å². The van der Waals surface area contributed by atoms with Gasteiger partial charge in [0.1, 0.15) is 12.1 Å². The predicted octanol–water partition coefficient (Wildman–Crippen LogP) is 2.65. The summed E-state index contributed by atoms with van der Waals surface area (Å²) in [4.78, 5) is 25.1. The van der Waals surface area contributed by atoms with Crippen LogP contribution in [0.1, 0.15) is 5.56 Å². The average molecular weight is 389 g/mol. The van der Waals surface area contributed by atoms with E-state index in [-0.39, 0.29) is 5.56 Å². The highest BCUT2D eigenvalue weighted by atomic mass is 16.5. The standard InChI is InChI=1S/C21H19N5O3/c1-28-17-6-2-4-15(10-17)7-9-29-20-11-19(23-14-24-20)26-21(27)18(13-25-26)16-5-3-8-22-12-16/h2-6,8,10-14,25H,7,9H2,1H3. The van der Waals surface area contributed by atoms with E-state index in [0.717, 1.165) is 16.9 Å². The number of aromatic nitrogens is 5. The summed E-state index contributed by atoms with van der Waals surface area (Å²) in [6, 6.07) is 13.0. The largest absolute Gasteiger partial charge is 0.497 e. The molecule has 0 radical (unpaired) electrons. The number of benzene rings is 1. The molecule has 0 saturated heterocycles. The van der Waals surface area contributed by atoms with Gasteiger partial charge < -0.3 is 9.47 Å². The van der Waals surface area contributed by atoms with Crippen molar-refractivity contribution in [3.05, 3.63) is 83.3 Å². The van der Waals surface area contributed by atoms with Gasteiger partial charge in [-0.1, -0.05) is 18.2 Å². The van der Waals surface area contributed by atoms with Gasteiger partial charge in [-0.25, -0.2) is 14.6 Å². The first-order valence-electron chi connectivity index (χ1n) is 9.03. The van der Waals surface area contributed by atoms with Crippen molar-refractivity contribution in [1.82, 2.24) is 24.7 Å². The van der Waals surface area contributed by atoms with Crippen LogP contribution in [-0.2, 0) is 6.42 Å². The molecule has 0 saturated carbocycles. The van der Waals surface area contributed by atoms with Gasteiger partial charge in [-0.2, -0.15) is 0 Å². The van der Waals surface area contributed by atoms with Crippen molar-refractivity contribution < 1.29 is 9.47 Å². The molecule has 8 heteroatoms. The normalized spacial score (nSPS) is 10.7. The average Bonchev–Trinajstić information content (AvgIpc) is 3.16. The van der Waals surface area contributed by atoms with Crippen LogP contribution in [0.4, 0.5) is 0 Å². The summed E-state index contributed by atoms with van der Waals surface area (Å²) in [6.45, 7) is 0.435. The topological polar surface area (TPSA) is 94.9 Å². The molecule has 1 N–H and O–H groups in total. The minimum absolute atomic E-state index is 0.223. The van der Waals surface area contributed by atoms with Crippen molar-refractivity contribution in [2.45, 2.75) is 6.42 Å². The van der Waals surface area contributed by atoms with Crippen molar-refractivity contribution in [2.24, 2.45) is 0 Å². The molecular weight excluding hydrogens is 370 g/mol. The number of rotatable bonds is 7. The van der Waals surface area contributed by atoms with E-state index in [1.165, 1.54) is 11.0 Å². The van der Waals surface area contributed by atoms with Crippen LogP contribution in [0.5, 0.6) is 11.6 Å². The van der Waals surface area contributed by atoms with Crippen LogP contribution in [-0.4, -0.2) is 38.4 Å². The Balaban J connectivity index is 1.48. The molecule has 0 aliphatic carbocycles. The van der Waals surface area contributed by atoms with E-state index in [1.807, 2.05) is 30.3 Å². The fourth-order valence-corrected chi connectivity index (χ4v) is 2.90. The summed E-state index contributed by atoms with van der Waals surface area (Å²) in [7, 11) is 1.64. The molecule has 0 bridgehead atoms. The molecule has 3 aromatic heterocycles. The molecule has 0 amide bonds. The van der Waals surface area contributed by atoms with Crippen LogP contribution < -0.4 is 15.0 Å². The number of methoxy groups -OCH3 is 1. The van der Waals surface area contributed by atoms with Crippen molar-refractivity contribution >= 4 is 0 Å². The zero-order valence-electron chi connectivity index (χ0n) is 15.8. The molecule has 0 atom stereocenters. The molecule has 1 aromatic carbocycles. The van der Waals surface area contributed by atoms with Crippen molar-refractivity contribution in [2.75, 3.05) is 13.7 Å². The van der Waals surface area contributed by atoms with Crippen molar-refractivity contribution in [3.8, 4) is 28.6 Å². The number of aromatic amines is 1. The van der Waals surface area contributed by atoms with Crippen LogP contribution in [0, 0.1) is 0 Å². The highest BCUT2D eigenvalue weighted by Crippen LogP contribution is 2.16. The number of hydrogen-bond donors (Lipinski definition) is 1. The predicted molar refractivity (Wildman–Crippen MR) is 107 cm³/mol. The number of ether oxygens (including phenoxy) is 2. The third kappa shape index (κ3) is 4.16. The summed E-state index contributed by atoms with van der Waals surface area (Å²) in [5.74, 6) is 1.60. The Hall–Kier alpha value is -3.94. The number of nitrogens with zero attached hydrogens (tertiary/aromatic N) is 4. The van der Waals surface area contributed by atoms with E-state index < -0.39 is 0 Å². The maximum Gasteiger partial charge on any atom is 0.280 e. The quantitative estimate of drug-likeness (QED) is 0.522. The summed E-state index contributed by atoms with van der Waals surface area (Å²) >= 11 is 0.